The van der Waals surface area contributed by atoms with Gasteiger partial charge in [-0.1, -0.05) is 31.0 Å². The molecule has 6 N–H and O–H groups in total. The van der Waals surface area contributed by atoms with Crippen molar-refractivity contribution in [2.75, 3.05) is 5.32 Å². The highest BCUT2D eigenvalue weighted by Gasteiger charge is 2.23. The molecule has 2 aromatic heterocycles. The summed E-state index contributed by atoms with van der Waals surface area (Å²) < 4.78 is 0. The second kappa shape index (κ2) is 6.76. The maximum Gasteiger partial charge on any atom is 0.269 e. The van der Waals surface area contributed by atoms with Gasteiger partial charge in [-0.3, -0.25) is 4.79 Å². The SMILES string of the molecule is NC(=O)c1ncc(NC2CCCC[C@@H]2N)nc1-c1cc2ccccc2[nH]1. The molecule has 1 unspecified atom stereocenters. The van der Waals surface area contributed by atoms with Gasteiger partial charge in [-0.25, -0.2) is 9.97 Å². The van der Waals surface area contributed by atoms with E-state index in [4.69, 9.17) is 11.5 Å². The van der Waals surface area contributed by atoms with E-state index in [1.807, 2.05) is 30.3 Å². The highest BCUT2D eigenvalue weighted by atomic mass is 16.1. The van der Waals surface area contributed by atoms with Gasteiger partial charge in [-0.05, 0) is 25.0 Å². The molecule has 1 aromatic carbocycles. The Bertz CT molecular complexity index is 917. The number of rotatable bonds is 4. The van der Waals surface area contributed by atoms with Crippen molar-refractivity contribution in [2.24, 2.45) is 11.5 Å². The summed E-state index contributed by atoms with van der Waals surface area (Å²) >= 11 is 0. The summed E-state index contributed by atoms with van der Waals surface area (Å²) in [7, 11) is 0. The Kier molecular flexibility index (Phi) is 4.30. The number of carbonyl (C=O) groups excluding carboxylic acids is 1. The van der Waals surface area contributed by atoms with Crippen molar-refractivity contribution in [1.29, 1.82) is 0 Å². The first-order valence-electron chi connectivity index (χ1n) is 8.89. The van der Waals surface area contributed by atoms with Gasteiger partial charge >= 0.3 is 0 Å². The number of primary amides is 1. The zero-order valence-corrected chi connectivity index (χ0v) is 14.4. The molecule has 7 heteroatoms. The van der Waals surface area contributed by atoms with Gasteiger partial charge in [0.05, 0.1) is 11.9 Å². The van der Waals surface area contributed by atoms with E-state index >= 15 is 0 Å². The standard InChI is InChI=1S/C19H22N6O/c20-12-6-2-4-8-14(12)24-16-10-22-18(19(21)26)17(25-16)15-9-11-5-1-3-7-13(11)23-15/h1,3,5,7,9-10,12,14,23H,2,4,6,8,20H2,(H2,21,26)(H,24,25)/t12-,14?/m0/s1. The van der Waals surface area contributed by atoms with Crippen LogP contribution >= 0.6 is 0 Å². The Balaban J connectivity index is 1.72. The van der Waals surface area contributed by atoms with Crippen LogP contribution < -0.4 is 16.8 Å². The highest BCUT2D eigenvalue weighted by Crippen LogP contribution is 2.26. The largest absolute Gasteiger partial charge is 0.364 e. The number of aromatic nitrogens is 3. The number of anilines is 1. The monoisotopic (exact) mass is 350 g/mol. The van der Waals surface area contributed by atoms with Crippen molar-refractivity contribution < 1.29 is 4.79 Å². The quantitative estimate of drug-likeness (QED) is 0.575. The molecular weight excluding hydrogens is 328 g/mol. The zero-order valence-electron chi connectivity index (χ0n) is 14.4. The van der Waals surface area contributed by atoms with Crippen molar-refractivity contribution in [1.82, 2.24) is 15.0 Å². The Hall–Kier alpha value is -2.93. The number of hydrogen-bond donors (Lipinski definition) is 4. The van der Waals surface area contributed by atoms with Crippen LogP contribution in [0.2, 0.25) is 0 Å². The van der Waals surface area contributed by atoms with E-state index in [-0.39, 0.29) is 17.8 Å². The van der Waals surface area contributed by atoms with Crippen molar-refractivity contribution in [3.05, 3.63) is 42.2 Å². The molecule has 134 valence electrons. The number of nitrogens with one attached hydrogen (secondary N) is 2. The summed E-state index contributed by atoms with van der Waals surface area (Å²) in [6.07, 6.45) is 5.86. The van der Waals surface area contributed by atoms with Gasteiger partial charge in [0, 0.05) is 23.0 Å². The molecule has 1 aliphatic carbocycles. The Labute approximate surface area is 151 Å². The van der Waals surface area contributed by atoms with E-state index in [0.717, 1.165) is 36.6 Å². The number of aromatic amines is 1. The maximum absolute atomic E-state index is 11.8. The molecule has 26 heavy (non-hydrogen) atoms. The van der Waals surface area contributed by atoms with E-state index in [2.05, 4.69) is 20.3 Å². The molecule has 0 bridgehead atoms. The van der Waals surface area contributed by atoms with E-state index in [9.17, 15) is 4.79 Å². The van der Waals surface area contributed by atoms with Gasteiger partial charge in [0.15, 0.2) is 5.69 Å². The molecule has 7 nitrogen and oxygen atoms in total. The van der Waals surface area contributed by atoms with Crippen molar-refractivity contribution >= 4 is 22.6 Å². The number of hydrogen-bond acceptors (Lipinski definition) is 5. The van der Waals surface area contributed by atoms with Crippen LogP contribution in [0.3, 0.4) is 0 Å². The number of nitrogens with zero attached hydrogens (tertiary/aromatic N) is 2. The lowest BCUT2D eigenvalue weighted by Crippen LogP contribution is -2.42. The lowest BCUT2D eigenvalue weighted by molar-refractivity contribution is 0.0996. The van der Waals surface area contributed by atoms with Crippen LogP contribution in [0.5, 0.6) is 0 Å². The van der Waals surface area contributed by atoms with Gasteiger partial charge in [-0.15, -0.1) is 0 Å². The number of carbonyl (C=O) groups is 1. The smallest absolute Gasteiger partial charge is 0.269 e. The number of H-pyrrole nitrogens is 1. The van der Waals surface area contributed by atoms with Gasteiger partial charge in [0.25, 0.3) is 5.91 Å². The third-order valence-electron chi connectivity index (χ3n) is 4.94. The van der Waals surface area contributed by atoms with Gasteiger partial charge in [-0.2, -0.15) is 0 Å². The molecular formula is C19H22N6O. The molecule has 1 amide bonds. The van der Waals surface area contributed by atoms with Crippen LogP contribution in [0, 0.1) is 0 Å². The molecule has 0 saturated heterocycles. The molecule has 3 aromatic rings. The molecule has 4 rings (SSSR count). The van der Waals surface area contributed by atoms with Gasteiger partial charge in [0.2, 0.25) is 0 Å². The van der Waals surface area contributed by atoms with Crippen molar-refractivity contribution in [3.63, 3.8) is 0 Å². The molecule has 1 fully saturated rings. The number of fused-ring (bicyclic) bond motifs is 1. The second-order valence-corrected chi connectivity index (χ2v) is 6.79. The zero-order chi connectivity index (χ0) is 18.1. The van der Waals surface area contributed by atoms with Gasteiger partial charge in [0.1, 0.15) is 11.5 Å². The minimum absolute atomic E-state index is 0.0953. The van der Waals surface area contributed by atoms with Gasteiger partial charge < -0.3 is 21.8 Å². The molecule has 0 spiro atoms. The van der Waals surface area contributed by atoms with Crippen molar-refractivity contribution in [3.8, 4) is 11.4 Å². The average Bonchev–Trinajstić information content (AvgIpc) is 3.07. The van der Waals surface area contributed by atoms with Crippen molar-refractivity contribution in [2.45, 2.75) is 37.8 Å². The number of benzene rings is 1. The van der Waals surface area contributed by atoms with Crippen LogP contribution in [0.1, 0.15) is 36.2 Å². The number of para-hydroxylation sites is 1. The first kappa shape index (κ1) is 16.5. The summed E-state index contributed by atoms with van der Waals surface area (Å²) in [5.74, 6) is -0.00178. The first-order chi connectivity index (χ1) is 12.6. The fraction of sp³-hybridized carbons (Fsp3) is 0.316. The van der Waals surface area contributed by atoms with E-state index < -0.39 is 5.91 Å². The van der Waals surface area contributed by atoms with E-state index in [1.54, 1.807) is 6.20 Å². The normalized spacial score (nSPS) is 20.2. The maximum atomic E-state index is 11.8. The number of amides is 1. The Morgan fingerprint density at radius 1 is 1.23 bits per heavy atom. The fourth-order valence-electron chi connectivity index (χ4n) is 3.56. The molecule has 2 atom stereocenters. The summed E-state index contributed by atoms with van der Waals surface area (Å²) in [5, 5.41) is 4.41. The average molecular weight is 350 g/mol. The molecule has 1 saturated carbocycles. The first-order valence-corrected chi connectivity index (χ1v) is 8.89. The summed E-state index contributed by atoms with van der Waals surface area (Å²) in [6.45, 7) is 0. The topological polar surface area (TPSA) is 123 Å². The predicted octanol–water partition coefficient (Wildman–Crippen LogP) is 2.41. The Morgan fingerprint density at radius 3 is 2.81 bits per heavy atom. The number of nitrogens with two attached hydrogens (primary N) is 2. The van der Waals surface area contributed by atoms with Crippen LogP contribution in [0.4, 0.5) is 5.82 Å². The summed E-state index contributed by atoms with van der Waals surface area (Å²) in [4.78, 5) is 24.0. The lowest BCUT2D eigenvalue weighted by Gasteiger charge is -2.29. The third kappa shape index (κ3) is 3.13. The van der Waals surface area contributed by atoms with E-state index in [0.29, 0.717) is 17.2 Å². The molecule has 1 aliphatic rings. The van der Waals surface area contributed by atoms with Crippen LogP contribution in [0.25, 0.3) is 22.3 Å². The van der Waals surface area contributed by atoms with Crippen LogP contribution in [-0.2, 0) is 0 Å². The predicted molar refractivity (Wildman–Crippen MR) is 102 cm³/mol. The van der Waals surface area contributed by atoms with Crippen LogP contribution in [-0.4, -0.2) is 32.9 Å². The second-order valence-electron chi connectivity index (χ2n) is 6.79. The third-order valence-corrected chi connectivity index (χ3v) is 4.94. The lowest BCUT2D eigenvalue weighted by atomic mass is 9.91. The van der Waals surface area contributed by atoms with Crippen LogP contribution in [0.15, 0.2) is 36.5 Å². The summed E-state index contributed by atoms with van der Waals surface area (Å²) in [5.41, 5.74) is 14.0. The molecule has 0 aliphatic heterocycles. The summed E-state index contributed by atoms with van der Waals surface area (Å²) in [6, 6.07) is 10.1. The minimum Gasteiger partial charge on any atom is -0.364 e. The fourth-order valence-corrected chi connectivity index (χ4v) is 3.56. The van der Waals surface area contributed by atoms with E-state index in [1.165, 1.54) is 0 Å². The molecule has 2 heterocycles. The Morgan fingerprint density at radius 2 is 2.04 bits per heavy atom. The minimum atomic E-state index is -0.605. The highest BCUT2D eigenvalue weighted by molar-refractivity contribution is 5.98. The molecule has 0 radical (unpaired) electrons.